The molecule has 9 nitrogen and oxygen atoms in total. The summed E-state index contributed by atoms with van der Waals surface area (Å²) in [5.41, 5.74) is 4.83. The molecular formula is C37H37N5O4. The number of ether oxygens (including phenoxy) is 2. The van der Waals surface area contributed by atoms with Gasteiger partial charge in [0.05, 0.1) is 42.3 Å². The second kappa shape index (κ2) is 11.1. The number of para-hydroxylation sites is 1. The van der Waals surface area contributed by atoms with E-state index in [2.05, 4.69) is 48.3 Å². The van der Waals surface area contributed by atoms with Crippen molar-refractivity contribution >= 4 is 11.6 Å². The van der Waals surface area contributed by atoms with E-state index in [-0.39, 0.29) is 24.1 Å². The molecule has 3 aromatic carbocycles. The van der Waals surface area contributed by atoms with Gasteiger partial charge >= 0.3 is 5.69 Å². The predicted molar refractivity (Wildman–Crippen MR) is 177 cm³/mol. The molecule has 3 aliphatic heterocycles. The Labute approximate surface area is 268 Å². The lowest BCUT2D eigenvalue weighted by Crippen LogP contribution is -2.54. The molecule has 1 aromatic heterocycles. The average Bonchev–Trinajstić information content (AvgIpc) is 3.39. The molecule has 1 N–H and O–H groups in total. The van der Waals surface area contributed by atoms with Crippen LogP contribution in [0, 0.1) is 5.92 Å². The molecule has 1 amide bonds. The summed E-state index contributed by atoms with van der Waals surface area (Å²) >= 11 is 0. The van der Waals surface area contributed by atoms with Crippen LogP contribution in [0.25, 0.3) is 5.69 Å². The van der Waals surface area contributed by atoms with Crippen LogP contribution in [0.5, 0.6) is 11.5 Å². The Balaban J connectivity index is 1.30. The molecule has 4 aliphatic rings. The topological polar surface area (TPSA) is 81.0 Å². The number of hydrogen-bond donors (Lipinski definition) is 1. The third kappa shape index (κ3) is 4.57. The maximum Gasteiger partial charge on any atom is 0.333 e. The van der Waals surface area contributed by atoms with Crippen LogP contribution in [0.1, 0.15) is 35.6 Å². The minimum Gasteiger partial charge on any atom is -0.457 e. The van der Waals surface area contributed by atoms with E-state index in [1.54, 1.807) is 9.13 Å². The fourth-order valence-corrected chi connectivity index (χ4v) is 7.41. The number of morpholine rings is 1. The van der Waals surface area contributed by atoms with E-state index in [4.69, 9.17) is 9.47 Å². The van der Waals surface area contributed by atoms with Crippen LogP contribution in [0.4, 0.5) is 5.69 Å². The molecule has 8 rings (SSSR count). The number of nitrogens with one attached hydrogen (secondary N) is 1. The van der Waals surface area contributed by atoms with Gasteiger partial charge in [-0.25, -0.2) is 4.79 Å². The summed E-state index contributed by atoms with van der Waals surface area (Å²) in [6.45, 7) is 8.61. The zero-order valence-corrected chi connectivity index (χ0v) is 26.1. The summed E-state index contributed by atoms with van der Waals surface area (Å²) in [6.07, 6.45) is 4.37. The number of fused-ring (bicyclic) bond motifs is 2. The molecule has 9 heteroatoms. The van der Waals surface area contributed by atoms with Crippen molar-refractivity contribution in [3.8, 4) is 17.2 Å². The quantitative estimate of drug-likeness (QED) is 0.306. The second-order valence-electron chi connectivity index (χ2n) is 12.6. The number of carbonyl (C=O) groups is 1. The Hall–Kier alpha value is -5.02. The van der Waals surface area contributed by atoms with Crippen molar-refractivity contribution < 1.29 is 14.3 Å². The number of anilines is 1. The largest absolute Gasteiger partial charge is 0.457 e. The first-order valence-electron chi connectivity index (χ1n) is 16.0. The van der Waals surface area contributed by atoms with Gasteiger partial charge in [0.2, 0.25) is 0 Å². The van der Waals surface area contributed by atoms with E-state index in [1.165, 1.54) is 0 Å². The molecule has 0 bridgehead atoms. The van der Waals surface area contributed by atoms with Gasteiger partial charge in [0, 0.05) is 43.5 Å². The highest BCUT2D eigenvalue weighted by molar-refractivity contribution is 5.98. The van der Waals surface area contributed by atoms with E-state index in [9.17, 15) is 9.59 Å². The van der Waals surface area contributed by atoms with Crippen LogP contribution in [-0.4, -0.2) is 59.3 Å². The Kier molecular flexibility index (Phi) is 6.87. The number of amides is 1. The van der Waals surface area contributed by atoms with E-state index < -0.39 is 5.41 Å². The Morgan fingerprint density at radius 1 is 0.913 bits per heavy atom. The first-order chi connectivity index (χ1) is 22.4. The fourth-order valence-electron chi connectivity index (χ4n) is 7.41. The number of nitrogens with zero attached hydrogens (tertiary/aromatic N) is 4. The molecule has 4 heterocycles. The number of imidazole rings is 1. The van der Waals surface area contributed by atoms with Gasteiger partial charge in [-0.05, 0) is 55.0 Å². The summed E-state index contributed by atoms with van der Waals surface area (Å²) in [4.78, 5) is 33.5. The molecule has 4 aromatic rings. The molecule has 0 spiro atoms. The number of carbonyl (C=O) groups excluding carboxylic acids is 1. The smallest absolute Gasteiger partial charge is 0.333 e. The van der Waals surface area contributed by atoms with Crippen molar-refractivity contribution in [1.29, 1.82) is 0 Å². The van der Waals surface area contributed by atoms with E-state index in [0.29, 0.717) is 43.4 Å². The monoisotopic (exact) mass is 615 g/mol. The molecule has 2 unspecified atom stereocenters. The number of hydrogen-bond acceptors (Lipinski definition) is 6. The highest BCUT2D eigenvalue weighted by Crippen LogP contribution is 2.48. The maximum absolute atomic E-state index is 14.8. The van der Waals surface area contributed by atoms with Crippen LogP contribution < -0.4 is 20.6 Å². The minimum atomic E-state index is -0.698. The molecule has 46 heavy (non-hydrogen) atoms. The fraction of sp³-hybridized carbons (Fsp3) is 0.297. The molecule has 234 valence electrons. The first-order valence-corrected chi connectivity index (χ1v) is 16.0. The zero-order valence-electron chi connectivity index (χ0n) is 26.1. The van der Waals surface area contributed by atoms with Gasteiger partial charge < -0.3 is 24.6 Å². The first kappa shape index (κ1) is 28.5. The lowest BCUT2D eigenvalue weighted by molar-refractivity contribution is 0.0738. The van der Waals surface area contributed by atoms with Gasteiger partial charge in [0.1, 0.15) is 17.2 Å². The van der Waals surface area contributed by atoms with Gasteiger partial charge in [-0.1, -0.05) is 55.5 Å². The van der Waals surface area contributed by atoms with Gasteiger partial charge in [-0.15, -0.1) is 0 Å². The third-order valence-corrected chi connectivity index (χ3v) is 9.60. The number of aromatic nitrogens is 2. The van der Waals surface area contributed by atoms with E-state index in [0.717, 1.165) is 47.2 Å². The van der Waals surface area contributed by atoms with Gasteiger partial charge in [0.15, 0.2) is 0 Å². The van der Waals surface area contributed by atoms with Gasteiger partial charge in [-0.2, -0.15) is 0 Å². The molecule has 1 fully saturated rings. The van der Waals surface area contributed by atoms with Crippen molar-refractivity contribution in [2.24, 2.45) is 5.92 Å². The normalized spacial score (nSPS) is 22.0. The molecule has 1 saturated heterocycles. The zero-order chi connectivity index (χ0) is 31.4. The summed E-state index contributed by atoms with van der Waals surface area (Å²) in [6, 6.07) is 25.4. The molecule has 0 saturated carbocycles. The maximum atomic E-state index is 14.8. The summed E-state index contributed by atoms with van der Waals surface area (Å²) in [5.74, 6) is 1.40. The Morgan fingerprint density at radius 3 is 2.50 bits per heavy atom. The highest BCUT2D eigenvalue weighted by atomic mass is 16.5. The molecule has 0 radical (unpaired) electrons. The van der Waals surface area contributed by atoms with Crippen LogP contribution >= 0.6 is 0 Å². The van der Waals surface area contributed by atoms with Crippen molar-refractivity contribution in [3.05, 3.63) is 130 Å². The lowest BCUT2D eigenvalue weighted by atomic mass is 9.71. The predicted octanol–water partition coefficient (Wildman–Crippen LogP) is 5.05. The Bertz CT molecular complexity index is 1950. The number of allylic oxidation sites excluding steroid dienone is 2. The molecule has 1 aliphatic carbocycles. The van der Waals surface area contributed by atoms with Crippen LogP contribution in [0.2, 0.25) is 0 Å². The standard InChI is InChI=1S/C37H37N5O4/c1-25-14-15-37(2)33-31(25)38-16-17-40(33)35(43)32-34(37)42(28-10-7-9-27(23-28)39-18-20-45-21-19-39)36(44)41(32)24-26-8-6-13-30(22-26)46-29-11-4-3-5-12-29/h3-15,22-23,25,38H,16-21,24H2,1-2H3. The van der Waals surface area contributed by atoms with Gasteiger partial charge in [0.25, 0.3) is 5.91 Å². The second-order valence-corrected chi connectivity index (χ2v) is 12.6. The molecule has 2 atom stereocenters. The summed E-state index contributed by atoms with van der Waals surface area (Å²) in [5, 5.41) is 3.58. The highest BCUT2D eigenvalue weighted by Gasteiger charge is 2.52. The van der Waals surface area contributed by atoms with E-state index in [1.807, 2.05) is 71.6 Å². The summed E-state index contributed by atoms with van der Waals surface area (Å²) in [7, 11) is 0. The minimum absolute atomic E-state index is 0.138. The van der Waals surface area contributed by atoms with Gasteiger partial charge in [-0.3, -0.25) is 13.9 Å². The van der Waals surface area contributed by atoms with E-state index >= 15 is 0 Å². The number of rotatable bonds is 6. The average molecular weight is 616 g/mol. The van der Waals surface area contributed by atoms with Crippen molar-refractivity contribution in [3.63, 3.8) is 0 Å². The third-order valence-electron chi connectivity index (χ3n) is 9.60. The Morgan fingerprint density at radius 2 is 1.67 bits per heavy atom. The number of benzene rings is 3. The van der Waals surface area contributed by atoms with Crippen molar-refractivity contribution in [1.82, 2.24) is 19.4 Å². The lowest BCUT2D eigenvalue weighted by Gasteiger charge is -2.48. The SMILES string of the molecule is CC1C=CC2(C)C3=C1NCCN3C(=O)c1c2n(-c2cccc(N3CCOCC3)c2)c(=O)n1Cc1cccc(Oc2ccccc2)c1. The van der Waals surface area contributed by atoms with Crippen LogP contribution in [-0.2, 0) is 16.7 Å². The van der Waals surface area contributed by atoms with Crippen molar-refractivity contribution in [2.75, 3.05) is 44.3 Å². The molecular weight excluding hydrogens is 578 g/mol. The van der Waals surface area contributed by atoms with Crippen molar-refractivity contribution in [2.45, 2.75) is 25.8 Å². The van der Waals surface area contributed by atoms with Crippen LogP contribution in [0.15, 0.2) is 107 Å². The van der Waals surface area contributed by atoms with Crippen LogP contribution in [0.3, 0.4) is 0 Å². The summed E-state index contributed by atoms with van der Waals surface area (Å²) < 4.78 is 15.1.